The number of nitrogens with zero attached hydrogens (tertiary/aromatic N) is 4. The first-order valence-corrected chi connectivity index (χ1v) is 31.0. The zero-order valence-corrected chi connectivity index (χ0v) is 53.4. The van der Waals surface area contributed by atoms with Gasteiger partial charge in [-0.3, -0.25) is 38.4 Å². The second-order valence-corrected chi connectivity index (χ2v) is 26.4. The summed E-state index contributed by atoms with van der Waals surface area (Å²) in [4.78, 5) is 150. The van der Waals surface area contributed by atoms with Gasteiger partial charge in [-0.15, -0.1) is 0 Å². The summed E-state index contributed by atoms with van der Waals surface area (Å²) in [7, 11) is 8.13. The molecule has 0 radical (unpaired) electrons. The summed E-state index contributed by atoms with van der Waals surface area (Å²) in [6, 6.07) is 8.86. The molecule has 8 unspecified atom stereocenters. The van der Waals surface area contributed by atoms with Gasteiger partial charge in [0.25, 0.3) is 5.91 Å². The van der Waals surface area contributed by atoms with Gasteiger partial charge in [-0.2, -0.15) is 0 Å². The molecule has 5 N–H and O–H groups in total. The Morgan fingerprint density at radius 3 is 2.19 bits per heavy atom. The van der Waals surface area contributed by atoms with Crippen molar-refractivity contribution in [2.45, 2.75) is 174 Å². The number of ether oxygens (including phenoxy) is 3. The number of fused-ring (bicyclic) bond motifs is 2. The van der Waals surface area contributed by atoms with Gasteiger partial charge < -0.3 is 64.6 Å². The molecule has 0 bridgehead atoms. The average Bonchev–Trinajstić information content (AvgIpc) is 1.58. The van der Waals surface area contributed by atoms with Crippen LogP contribution in [-0.2, 0) is 65.5 Å². The van der Waals surface area contributed by atoms with Crippen molar-refractivity contribution in [3.63, 3.8) is 0 Å². The number of hydrogen-bond acceptors (Lipinski definition) is 16. The van der Waals surface area contributed by atoms with Crippen LogP contribution in [0.25, 0.3) is 11.0 Å². The maximum Gasteiger partial charge on any atom is 0.336 e. The van der Waals surface area contributed by atoms with Gasteiger partial charge in [0.05, 0.1) is 38.1 Å². The Bertz CT molecular complexity index is 3240. The number of methoxy groups -OCH3 is 1. The van der Waals surface area contributed by atoms with Crippen molar-refractivity contribution in [3.05, 3.63) is 70.1 Å². The molecule has 3 saturated carbocycles. The van der Waals surface area contributed by atoms with E-state index in [9.17, 15) is 33.9 Å². The van der Waals surface area contributed by atoms with Gasteiger partial charge >= 0.3 is 17.6 Å². The van der Waals surface area contributed by atoms with Crippen molar-refractivity contribution >= 4 is 69.9 Å². The number of esters is 2. The number of hydrogen-bond donors (Lipinski definition) is 5. The van der Waals surface area contributed by atoms with Crippen LogP contribution in [0.4, 0.5) is 5.69 Å². The fraction of sp³-hybridized carbons (Fsp3) is 0.631. The van der Waals surface area contributed by atoms with Crippen LogP contribution >= 0.6 is 0 Å². The molecule has 2 saturated heterocycles. The summed E-state index contributed by atoms with van der Waals surface area (Å²) in [5.41, 5.74) is -3.18. The second-order valence-electron chi connectivity index (χ2n) is 26.4. The lowest BCUT2D eigenvalue weighted by Crippen LogP contribution is -2.58. The highest BCUT2D eigenvalue weighted by molar-refractivity contribution is 5.99. The van der Waals surface area contributed by atoms with Crippen LogP contribution < -0.4 is 36.5 Å². The van der Waals surface area contributed by atoms with Crippen LogP contribution in [0.2, 0.25) is 0 Å². The molecule has 2 spiro atoms. The minimum absolute atomic E-state index is 0.0718. The topological polar surface area (TPSA) is 293 Å². The van der Waals surface area contributed by atoms with Crippen molar-refractivity contribution in [2.24, 2.45) is 40.9 Å². The predicted octanol–water partition coefficient (Wildman–Crippen LogP) is 3.66. The molecule has 23 heteroatoms. The number of nitrogens with one attached hydrogen (secondary N) is 4. The van der Waals surface area contributed by atoms with E-state index in [1.54, 1.807) is 50.2 Å². The van der Waals surface area contributed by atoms with E-state index in [1.807, 2.05) is 66.6 Å². The van der Waals surface area contributed by atoms with E-state index < -0.39 is 143 Å². The smallest absolute Gasteiger partial charge is 0.336 e. The molecule has 13 atom stereocenters. The summed E-state index contributed by atoms with van der Waals surface area (Å²) in [6.07, 6.45) is -3.78. The van der Waals surface area contributed by atoms with E-state index in [4.69, 9.17) is 18.6 Å². The quantitative estimate of drug-likeness (QED) is 0.101. The Kier molecular flexibility index (Phi) is 19.8. The van der Waals surface area contributed by atoms with Crippen LogP contribution in [0, 0.1) is 40.9 Å². The van der Waals surface area contributed by atoms with Gasteiger partial charge in [-0.05, 0) is 110 Å². The maximum absolute atomic E-state index is 15.6. The summed E-state index contributed by atoms with van der Waals surface area (Å²) < 4.78 is 23.1. The molecule has 3 aliphatic carbocycles. The number of carbonyl (C=O) groups is 9. The molecule has 5 aliphatic rings. The van der Waals surface area contributed by atoms with Crippen LogP contribution in [-0.4, -0.2) is 175 Å². The van der Waals surface area contributed by atoms with E-state index >= 15 is 19.2 Å². The van der Waals surface area contributed by atoms with Crippen LogP contribution in [0.1, 0.15) is 118 Å². The summed E-state index contributed by atoms with van der Waals surface area (Å²) >= 11 is 0. The van der Waals surface area contributed by atoms with E-state index in [0.717, 1.165) is 5.69 Å². The van der Waals surface area contributed by atoms with Gasteiger partial charge in [-0.25, -0.2) is 9.59 Å². The van der Waals surface area contributed by atoms with Crippen molar-refractivity contribution in [2.75, 3.05) is 53.3 Å². The molecule has 3 aromatic rings. The predicted molar refractivity (Wildman–Crippen MR) is 325 cm³/mol. The molecule has 88 heavy (non-hydrogen) atoms. The second kappa shape index (κ2) is 26.3. The van der Waals surface area contributed by atoms with E-state index in [-0.39, 0.29) is 68.7 Å². The third-order valence-electron chi connectivity index (χ3n) is 19.5. The average molecular weight is 1220 g/mol. The number of anilines is 1. The lowest BCUT2D eigenvalue weighted by atomic mass is 9.93. The van der Waals surface area contributed by atoms with Gasteiger partial charge in [0.2, 0.25) is 35.4 Å². The minimum atomic E-state index is -1.74. The molecule has 2 aromatic carbocycles. The molecule has 5 fully saturated rings. The summed E-state index contributed by atoms with van der Waals surface area (Å²) in [6.45, 7) is 15.9. The van der Waals surface area contributed by atoms with Crippen LogP contribution in [0.3, 0.4) is 0 Å². The Hall–Kier alpha value is -7.56. The number of aliphatic hydroxyl groups excluding tert-OH is 1. The van der Waals surface area contributed by atoms with Gasteiger partial charge in [-0.1, -0.05) is 73.9 Å². The lowest BCUT2D eigenvalue weighted by molar-refractivity contribution is -0.164. The Balaban J connectivity index is 1.11. The third kappa shape index (κ3) is 13.1. The molecule has 3 heterocycles. The largest absolute Gasteiger partial charge is 0.497 e. The fourth-order valence-corrected chi connectivity index (χ4v) is 14.0. The molecule has 2 aliphatic heterocycles. The molecule has 23 nitrogen and oxygen atoms in total. The minimum Gasteiger partial charge on any atom is -0.497 e. The van der Waals surface area contributed by atoms with Crippen molar-refractivity contribution in [1.82, 2.24) is 36.0 Å². The van der Waals surface area contributed by atoms with Gasteiger partial charge in [0.1, 0.15) is 46.5 Å². The molecular formula is C65H90N8O15. The van der Waals surface area contributed by atoms with E-state index in [1.165, 1.54) is 48.9 Å². The fourth-order valence-electron chi connectivity index (χ4n) is 14.0. The number of carbonyl (C=O) groups excluding carboxylic acids is 9. The van der Waals surface area contributed by atoms with E-state index in [2.05, 4.69) is 21.3 Å². The van der Waals surface area contributed by atoms with E-state index in [0.29, 0.717) is 40.7 Å². The molecule has 1 aromatic heterocycles. The number of cyclic esters (lactones) is 2. The number of amides is 7. The van der Waals surface area contributed by atoms with Crippen LogP contribution in [0.15, 0.2) is 57.7 Å². The van der Waals surface area contributed by atoms with Crippen molar-refractivity contribution in [1.29, 1.82) is 0 Å². The molecule has 8 rings (SSSR count). The zero-order valence-electron chi connectivity index (χ0n) is 53.4. The van der Waals surface area contributed by atoms with Crippen molar-refractivity contribution in [3.8, 4) is 5.75 Å². The monoisotopic (exact) mass is 1220 g/mol. The summed E-state index contributed by atoms with van der Waals surface area (Å²) in [5.74, 6) is -7.52. The highest BCUT2D eigenvalue weighted by atomic mass is 16.6. The van der Waals surface area contributed by atoms with Crippen molar-refractivity contribution < 1.29 is 66.9 Å². The highest BCUT2D eigenvalue weighted by Gasteiger charge is 2.73. The van der Waals surface area contributed by atoms with Gasteiger partial charge in [0.15, 0.2) is 6.10 Å². The first-order valence-electron chi connectivity index (χ1n) is 31.0. The Labute approximate surface area is 514 Å². The molecule has 7 amide bonds. The number of likely N-dealkylation sites (N-methyl/N-ethyl adjacent to an activating group) is 2. The maximum atomic E-state index is 15.6. The lowest BCUT2D eigenvalue weighted by Gasteiger charge is -2.35. The number of rotatable bonds is 16. The zero-order chi connectivity index (χ0) is 64.6. The normalized spacial score (nSPS) is 30.3. The first-order chi connectivity index (χ1) is 41.5. The Morgan fingerprint density at radius 2 is 1.59 bits per heavy atom. The SMILES string of the molecule is CCC1[C@H](C)C12NC(=O)C1(CC1NC(=O)C1(N(C)C(=O)CNC(=O)Cc3cc(=O)oc4cc(N(C)C)ccc34)CC1C(C)C)C(C)OC(=O)[C@H](Cc1ccc(OC)cc1)N(C)C(=O)C1CCCN1C(=O)[C@H](CC(C)C)NC(=O)[C@H](C(C)C)OC(=O)C[C@@H]2O. The Morgan fingerprint density at radius 1 is 0.898 bits per heavy atom. The standard InChI is InChI=1S/C65H90N8O15/c1-15-44-37(8)65(44)51(74)30-55(78)88-56(36(6)7)57(79)67-46(25-34(2)3)58(80)73-24-16-17-47(73)59(81)71(12)48(26-39-18-21-42(85-14)22-19-39)60(82)86-38(9)63(61(83)69-65)32-50(63)68-62(84)64(31-45(64)35(4)5)72(13)53(76)33-66-52(75)27-40-28-54(77)87-49-29-41(70(10)11)20-23-43(40)49/h18-23,28-29,34-38,44-48,50-51,56,74H,15-17,24-27,30-33H2,1-14H3,(H,66,75)(H,67,79)(H,68,84)(H,69,83)/t37-,38?,44?,45?,46-,47?,48-,50?,51-,56-,63?,64?,65?/m0/s1. The van der Waals surface area contributed by atoms with Gasteiger partial charge in [0, 0.05) is 70.4 Å². The number of benzene rings is 2. The van der Waals surface area contributed by atoms with Crippen LogP contribution in [0.5, 0.6) is 5.75 Å². The third-order valence-corrected chi connectivity index (χ3v) is 19.5. The molecule has 480 valence electrons. The molecular weight excluding hydrogens is 1130 g/mol. The highest BCUT2D eigenvalue weighted by Crippen LogP contribution is 2.59. The summed E-state index contributed by atoms with van der Waals surface area (Å²) in [5, 5.41) is 24.5. The number of aliphatic hydroxyl groups is 1. The first kappa shape index (κ1) is 66.4.